The number of para-hydroxylation sites is 1. The van der Waals surface area contributed by atoms with Crippen LogP contribution in [0.15, 0.2) is 54.6 Å². The van der Waals surface area contributed by atoms with Gasteiger partial charge in [0.05, 0.1) is 35.3 Å². The Hall–Kier alpha value is -2.74. The van der Waals surface area contributed by atoms with Crippen LogP contribution in [0.3, 0.4) is 0 Å². The molecule has 0 aliphatic carbocycles. The third-order valence-electron chi connectivity index (χ3n) is 5.90. The predicted octanol–water partition coefficient (Wildman–Crippen LogP) is 5.89. The lowest BCUT2D eigenvalue weighted by molar-refractivity contribution is -0.0593. The van der Waals surface area contributed by atoms with E-state index in [1.807, 2.05) is 58.0 Å². The molecule has 35 heavy (non-hydrogen) atoms. The first-order valence-corrected chi connectivity index (χ1v) is 12.2. The lowest BCUT2D eigenvalue weighted by atomic mass is 10.1. The monoisotopic (exact) mass is 483 g/mol. The molecule has 0 amide bonds. The van der Waals surface area contributed by atoms with Crippen LogP contribution in [0, 0.1) is 12.7 Å². The molecule has 6 nitrogen and oxygen atoms in total. The van der Waals surface area contributed by atoms with Crippen molar-refractivity contribution in [1.82, 2.24) is 14.7 Å². The Labute approximate surface area is 208 Å². The average Bonchev–Trinajstić information content (AvgIpc) is 3.13. The second-order valence-electron chi connectivity index (χ2n) is 9.94. The molecule has 1 N–H and O–H groups in total. The number of aliphatic hydroxyl groups is 1. The zero-order valence-corrected chi connectivity index (χ0v) is 21.7. The summed E-state index contributed by atoms with van der Waals surface area (Å²) in [6, 6.07) is 16.0. The normalized spacial score (nSPS) is 13.7. The topological polar surface area (TPSA) is 59.8 Å². The molecule has 190 valence electrons. The maximum atomic E-state index is 13.5. The highest BCUT2D eigenvalue weighted by Gasteiger charge is 2.25. The van der Waals surface area contributed by atoms with E-state index < -0.39 is 6.10 Å². The Balaban J connectivity index is 1.94. The molecular weight excluding hydrogens is 445 g/mol. The van der Waals surface area contributed by atoms with E-state index in [0.29, 0.717) is 24.7 Å². The zero-order valence-electron chi connectivity index (χ0n) is 21.7. The number of benzene rings is 2. The van der Waals surface area contributed by atoms with Crippen molar-refractivity contribution < 1.29 is 19.0 Å². The first kappa shape index (κ1) is 26.9. The maximum absolute atomic E-state index is 13.5. The van der Waals surface area contributed by atoms with Crippen molar-refractivity contribution in [2.24, 2.45) is 0 Å². The minimum absolute atomic E-state index is 0.220. The van der Waals surface area contributed by atoms with E-state index in [4.69, 9.17) is 14.6 Å². The standard InChI is InChI=1S/C28H38FN3O3/c1-7-20(2)31(17-24(33)19-34-28(4,5)6)18-26-21(3)30-32(23-11-9-8-10-12-23)27(26)35-25-15-13-22(29)14-16-25/h8-16,20,24,33H,7,17-19H2,1-6H3/t20-,24+/m1/s1. The zero-order chi connectivity index (χ0) is 25.6. The lowest BCUT2D eigenvalue weighted by Crippen LogP contribution is -2.41. The minimum Gasteiger partial charge on any atom is -0.439 e. The van der Waals surface area contributed by atoms with Gasteiger partial charge in [-0.25, -0.2) is 9.07 Å². The Morgan fingerprint density at radius 1 is 1.09 bits per heavy atom. The summed E-state index contributed by atoms with van der Waals surface area (Å²) in [6.45, 7) is 13.4. The molecule has 0 aliphatic heterocycles. The van der Waals surface area contributed by atoms with Gasteiger partial charge in [-0.15, -0.1) is 0 Å². The van der Waals surface area contributed by atoms with Gasteiger partial charge in [0.15, 0.2) is 0 Å². The SMILES string of the molecule is CC[C@@H](C)N(Cc1c(C)nn(-c2ccccc2)c1Oc1ccc(F)cc1)C[C@H](O)COC(C)(C)C. The second kappa shape index (κ2) is 11.8. The smallest absolute Gasteiger partial charge is 0.227 e. The third kappa shape index (κ3) is 7.62. The van der Waals surface area contributed by atoms with E-state index in [1.165, 1.54) is 12.1 Å². The van der Waals surface area contributed by atoms with E-state index in [0.717, 1.165) is 23.4 Å². The molecule has 1 aromatic heterocycles. The second-order valence-corrected chi connectivity index (χ2v) is 9.94. The first-order valence-electron chi connectivity index (χ1n) is 12.2. The molecule has 0 saturated carbocycles. The average molecular weight is 484 g/mol. The molecule has 0 radical (unpaired) electrons. The van der Waals surface area contributed by atoms with Crippen molar-refractivity contribution in [2.75, 3.05) is 13.2 Å². The molecule has 2 atom stereocenters. The highest BCUT2D eigenvalue weighted by Crippen LogP contribution is 2.32. The van der Waals surface area contributed by atoms with Crippen molar-refractivity contribution in [3.63, 3.8) is 0 Å². The van der Waals surface area contributed by atoms with Gasteiger partial charge < -0.3 is 14.6 Å². The summed E-state index contributed by atoms with van der Waals surface area (Å²) < 4.78 is 27.4. The van der Waals surface area contributed by atoms with Crippen molar-refractivity contribution in [3.05, 3.63) is 71.7 Å². The van der Waals surface area contributed by atoms with Crippen LogP contribution in [-0.4, -0.2) is 50.7 Å². The molecular formula is C28H38FN3O3. The fourth-order valence-corrected chi connectivity index (χ4v) is 3.71. The fourth-order valence-electron chi connectivity index (χ4n) is 3.71. The fraction of sp³-hybridized carbons (Fsp3) is 0.464. The van der Waals surface area contributed by atoms with Crippen molar-refractivity contribution >= 4 is 0 Å². The summed E-state index contributed by atoms with van der Waals surface area (Å²) in [5, 5.41) is 15.5. The molecule has 0 unspecified atom stereocenters. The van der Waals surface area contributed by atoms with Crippen LogP contribution in [0.1, 0.15) is 52.3 Å². The lowest BCUT2D eigenvalue weighted by Gasteiger charge is -2.31. The van der Waals surface area contributed by atoms with Gasteiger partial charge in [-0.3, -0.25) is 4.90 Å². The van der Waals surface area contributed by atoms with Crippen LogP contribution >= 0.6 is 0 Å². The summed E-state index contributed by atoms with van der Waals surface area (Å²) in [4.78, 5) is 2.23. The van der Waals surface area contributed by atoms with E-state index in [2.05, 4.69) is 18.7 Å². The van der Waals surface area contributed by atoms with Crippen LogP contribution in [0.2, 0.25) is 0 Å². The van der Waals surface area contributed by atoms with Gasteiger partial charge in [0.2, 0.25) is 5.88 Å². The largest absolute Gasteiger partial charge is 0.439 e. The minimum atomic E-state index is -0.630. The summed E-state index contributed by atoms with van der Waals surface area (Å²) in [5.74, 6) is 0.784. The quantitative estimate of drug-likeness (QED) is 0.369. The molecule has 0 spiro atoms. The Bertz CT molecular complexity index is 1060. The highest BCUT2D eigenvalue weighted by atomic mass is 19.1. The number of ether oxygens (including phenoxy) is 2. The maximum Gasteiger partial charge on any atom is 0.227 e. The van der Waals surface area contributed by atoms with Crippen LogP contribution in [0.25, 0.3) is 5.69 Å². The van der Waals surface area contributed by atoms with Crippen LogP contribution < -0.4 is 4.74 Å². The van der Waals surface area contributed by atoms with Gasteiger partial charge in [-0.05, 0) is 77.4 Å². The Morgan fingerprint density at radius 3 is 2.34 bits per heavy atom. The van der Waals surface area contributed by atoms with Crippen molar-refractivity contribution in [2.45, 2.75) is 72.3 Å². The van der Waals surface area contributed by atoms with Crippen molar-refractivity contribution in [1.29, 1.82) is 0 Å². The Morgan fingerprint density at radius 2 is 1.74 bits per heavy atom. The Kier molecular flexibility index (Phi) is 9.05. The van der Waals surface area contributed by atoms with Gasteiger partial charge >= 0.3 is 0 Å². The summed E-state index contributed by atoms with van der Waals surface area (Å²) in [7, 11) is 0. The summed E-state index contributed by atoms with van der Waals surface area (Å²) in [6.07, 6.45) is 0.293. The number of hydrogen-bond donors (Lipinski definition) is 1. The van der Waals surface area contributed by atoms with Gasteiger partial charge in [0, 0.05) is 19.1 Å². The number of aliphatic hydroxyl groups excluding tert-OH is 1. The molecule has 0 saturated heterocycles. The molecule has 3 rings (SSSR count). The number of rotatable bonds is 11. The highest BCUT2D eigenvalue weighted by molar-refractivity contribution is 5.43. The molecule has 3 aromatic rings. The number of halogens is 1. The van der Waals surface area contributed by atoms with E-state index >= 15 is 0 Å². The van der Waals surface area contributed by atoms with Crippen LogP contribution in [-0.2, 0) is 11.3 Å². The van der Waals surface area contributed by atoms with Crippen molar-refractivity contribution in [3.8, 4) is 17.3 Å². The first-order chi connectivity index (χ1) is 16.6. The van der Waals surface area contributed by atoms with E-state index in [9.17, 15) is 9.50 Å². The van der Waals surface area contributed by atoms with Crippen LogP contribution in [0.4, 0.5) is 4.39 Å². The predicted molar refractivity (Wildman–Crippen MR) is 137 cm³/mol. The summed E-state index contributed by atoms with van der Waals surface area (Å²) >= 11 is 0. The van der Waals surface area contributed by atoms with Gasteiger partial charge in [0.1, 0.15) is 11.6 Å². The molecule has 1 heterocycles. The number of aromatic nitrogens is 2. The van der Waals surface area contributed by atoms with E-state index in [1.54, 1.807) is 16.8 Å². The number of hydrogen-bond acceptors (Lipinski definition) is 5. The van der Waals surface area contributed by atoms with E-state index in [-0.39, 0.29) is 24.1 Å². The summed E-state index contributed by atoms with van der Waals surface area (Å²) in [5.41, 5.74) is 2.31. The van der Waals surface area contributed by atoms with Gasteiger partial charge in [-0.2, -0.15) is 5.10 Å². The molecule has 0 bridgehead atoms. The molecule has 0 aliphatic rings. The molecule has 2 aromatic carbocycles. The van der Waals surface area contributed by atoms with Crippen LogP contribution in [0.5, 0.6) is 11.6 Å². The van der Waals surface area contributed by atoms with Gasteiger partial charge in [0.25, 0.3) is 0 Å². The number of nitrogens with zero attached hydrogens (tertiary/aromatic N) is 3. The third-order valence-corrected chi connectivity index (χ3v) is 5.90. The molecule has 0 fully saturated rings. The molecule has 7 heteroatoms. The van der Waals surface area contributed by atoms with Gasteiger partial charge in [-0.1, -0.05) is 25.1 Å². The number of aryl methyl sites for hydroxylation is 1.